The van der Waals surface area contributed by atoms with Crippen molar-refractivity contribution in [3.63, 3.8) is 0 Å². The van der Waals surface area contributed by atoms with Crippen LogP contribution in [0.3, 0.4) is 0 Å². The average molecular weight is 726 g/mol. The molecule has 0 radical (unpaired) electrons. The summed E-state index contributed by atoms with van der Waals surface area (Å²) in [5, 5.41) is 2.63. The first-order valence-corrected chi connectivity index (χ1v) is 17.4. The third kappa shape index (κ3) is 6.61. The summed E-state index contributed by atoms with van der Waals surface area (Å²) < 4.78 is 80.2. The van der Waals surface area contributed by atoms with Crippen LogP contribution in [0.5, 0.6) is 0 Å². The second-order valence-corrected chi connectivity index (χ2v) is 14.5. The number of H-pyrrole nitrogens is 1. The Kier molecular flexibility index (Phi) is 9.06. The molecule has 0 spiro atoms. The predicted molar refractivity (Wildman–Crippen MR) is 167 cm³/mol. The SMILES string of the molecule is CC(=O)N1CC[C@H]2CC[C@@H](C(=O)N3CCc4ccc(C(F)(F)F)cc4C3)N2C(=O)[C@@H](NC(=O)c2cc3cc(C(F)(F)P(=O)(O)O)ccc3[nH]2)C1. The number of amides is 4. The molecule has 2 fully saturated rings. The lowest BCUT2D eigenvalue weighted by atomic mass is 9.96. The summed E-state index contributed by atoms with van der Waals surface area (Å²) in [6, 6.07) is 4.63. The molecular weight excluding hydrogens is 692 g/mol. The van der Waals surface area contributed by atoms with Gasteiger partial charge in [0, 0.05) is 55.6 Å². The fraction of sp³-hybridized carbons (Fsp3) is 0.438. The van der Waals surface area contributed by atoms with Crippen LogP contribution in [-0.4, -0.2) is 90.9 Å². The Balaban J connectivity index is 1.24. The van der Waals surface area contributed by atoms with Crippen molar-refractivity contribution < 1.29 is 55.5 Å². The van der Waals surface area contributed by atoms with Crippen molar-refractivity contribution in [2.45, 2.75) is 69.1 Å². The van der Waals surface area contributed by atoms with Crippen LogP contribution >= 0.6 is 7.60 Å². The highest BCUT2D eigenvalue weighted by Gasteiger charge is 2.50. The first-order valence-electron chi connectivity index (χ1n) is 15.8. The van der Waals surface area contributed by atoms with Crippen molar-refractivity contribution in [1.82, 2.24) is 25.0 Å². The van der Waals surface area contributed by atoms with E-state index < -0.39 is 66.4 Å². The summed E-state index contributed by atoms with van der Waals surface area (Å²) in [7, 11) is -5.85. The largest absolute Gasteiger partial charge is 0.416 e. The lowest BCUT2D eigenvalue weighted by molar-refractivity contribution is -0.149. The van der Waals surface area contributed by atoms with E-state index in [4.69, 9.17) is 9.79 Å². The number of alkyl halides is 5. The van der Waals surface area contributed by atoms with Crippen LogP contribution in [0, 0.1) is 0 Å². The Bertz CT molecular complexity index is 1930. The molecule has 4 amide bonds. The quantitative estimate of drug-likeness (QED) is 0.230. The number of aromatic amines is 1. The molecule has 4 heterocycles. The maximum absolute atomic E-state index is 14.3. The van der Waals surface area contributed by atoms with Gasteiger partial charge in [-0.1, -0.05) is 12.1 Å². The fourth-order valence-corrected chi connectivity index (χ4v) is 7.46. The molecule has 6 rings (SSSR count). The van der Waals surface area contributed by atoms with Gasteiger partial charge in [-0.25, -0.2) is 0 Å². The topological polar surface area (TPSA) is 163 Å². The molecule has 3 atom stereocenters. The van der Waals surface area contributed by atoms with Gasteiger partial charge in [-0.05, 0) is 67.1 Å². The smallest absolute Gasteiger partial charge is 0.351 e. The standard InChI is InChI=1S/C32H33F5N5O7P/c1-17(43)40-11-9-23-5-7-27(30(46)41-10-8-18-2-3-21(31(33,34)35)13-20(18)15-41)42(23)29(45)26(16-40)39-28(44)25-14-19-12-22(4-6-24(19)38-25)32(36,37)50(47,48)49/h2-4,6,12-14,23,26-27,38H,5,7-11,15-16H2,1H3,(H,39,44)(H2,47,48,49)/t23-,26+,27+/m1/s1. The van der Waals surface area contributed by atoms with Gasteiger partial charge >= 0.3 is 19.4 Å². The Morgan fingerprint density at radius 2 is 1.64 bits per heavy atom. The maximum Gasteiger partial charge on any atom is 0.416 e. The van der Waals surface area contributed by atoms with Crippen molar-refractivity contribution in [3.05, 3.63) is 70.4 Å². The van der Waals surface area contributed by atoms with Crippen LogP contribution in [0.1, 0.15) is 58.9 Å². The third-order valence-corrected chi connectivity index (χ3v) is 10.7. The zero-order chi connectivity index (χ0) is 36.3. The first-order chi connectivity index (χ1) is 23.3. The lowest BCUT2D eigenvalue weighted by Crippen LogP contribution is -2.61. The summed E-state index contributed by atoms with van der Waals surface area (Å²) in [5.41, 5.74) is -5.19. The molecule has 0 bridgehead atoms. The number of hydrogen-bond donors (Lipinski definition) is 4. The number of aromatic nitrogens is 1. The van der Waals surface area contributed by atoms with Gasteiger partial charge in [0.15, 0.2) is 0 Å². The predicted octanol–water partition coefficient (Wildman–Crippen LogP) is 3.71. The highest BCUT2D eigenvalue weighted by Crippen LogP contribution is 2.59. The van der Waals surface area contributed by atoms with Crippen molar-refractivity contribution in [2.75, 3.05) is 19.6 Å². The first kappa shape index (κ1) is 35.5. The lowest BCUT2D eigenvalue weighted by Gasteiger charge is -2.40. The second-order valence-electron chi connectivity index (χ2n) is 12.8. The Morgan fingerprint density at radius 1 is 0.920 bits per heavy atom. The number of fused-ring (bicyclic) bond motifs is 3. The maximum atomic E-state index is 14.3. The van der Waals surface area contributed by atoms with Crippen LogP contribution < -0.4 is 5.32 Å². The van der Waals surface area contributed by atoms with Crippen LogP contribution in [0.4, 0.5) is 22.0 Å². The van der Waals surface area contributed by atoms with E-state index in [1.165, 1.54) is 33.8 Å². The highest BCUT2D eigenvalue weighted by molar-refractivity contribution is 7.52. The van der Waals surface area contributed by atoms with E-state index >= 15 is 0 Å². The van der Waals surface area contributed by atoms with E-state index in [0.29, 0.717) is 30.4 Å². The minimum atomic E-state index is -5.85. The molecule has 268 valence electrons. The molecule has 18 heteroatoms. The van der Waals surface area contributed by atoms with Crippen molar-refractivity contribution in [2.24, 2.45) is 0 Å². The molecule has 0 aliphatic carbocycles. The average Bonchev–Trinajstić information content (AvgIpc) is 3.67. The van der Waals surface area contributed by atoms with Crippen molar-refractivity contribution in [3.8, 4) is 0 Å². The molecule has 2 saturated heterocycles. The van der Waals surface area contributed by atoms with Gasteiger partial charge in [0.05, 0.1) is 5.56 Å². The number of nitrogens with one attached hydrogen (secondary N) is 2. The van der Waals surface area contributed by atoms with Gasteiger partial charge < -0.3 is 34.8 Å². The van der Waals surface area contributed by atoms with E-state index in [2.05, 4.69) is 10.3 Å². The molecular formula is C32H33F5N5O7P. The monoisotopic (exact) mass is 725 g/mol. The molecule has 2 aromatic carbocycles. The molecule has 0 saturated carbocycles. The van der Waals surface area contributed by atoms with E-state index in [0.717, 1.165) is 30.3 Å². The molecule has 50 heavy (non-hydrogen) atoms. The van der Waals surface area contributed by atoms with Gasteiger partial charge in [0.2, 0.25) is 17.7 Å². The molecule has 3 aliphatic rings. The molecule has 1 aromatic heterocycles. The molecule has 3 aliphatic heterocycles. The van der Waals surface area contributed by atoms with Crippen molar-refractivity contribution >= 4 is 42.1 Å². The number of carbonyl (C=O) groups excluding carboxylic acids is 4. The molecule has 4 N–H and O–H groups in total. The summed E-state index contributed by atoms with van der Waals surface area (Å²) in [5.74, 6) is -2.28. The van der Waals surface area contributed by atoms with Crippen LogP contribution in [-0.2, 0) is 43.8 Å². The molecule has 12 nitrogen and oxygen atoms in total. The summed E-state index contributed by atoms with van der Waals surface area (Å²) in [6.45, 7) is 1.46. The minimum Gasteiger partial charge on any atom is -0.351 e. The number of hydrogen-bond acceptors (Lipinski definition) is 5. The molecule has 0 unspecified atom stereocenters. The van der Waals surface area contributed by atoms with E-state index in [-0.39, 0.29) is 55.1 Å². The van der Waals surface area contributed by atoms with Gasteiger partial charge in [0.1, 0.15) is 17.8 Å². The van der Waals surface area contributed by atoms with E-state index in [1.807, 2.05) is 0 Å². The number of rotatable bonds is 5. The van der Waals surface area contributed by atoms with Crippen LogP contribution in [0.15, 0.2) is 42.5 Å². The summed E-state index contributed by atoms with van der Waals surface area (Å²) in [6.07, 6.45) is -3.18. The van der Waals surface area contributed by atoms with E-state index in [9.17, 15) is 45.7 Å². The van der Waals surface area contributed by atoms with Gasteiger partial charge in [-0.15, -0.1) is 0 Å². The second kappa shape index (κ2) is 12.8. The summed E-state index contributed by atoms with van der Waals surface area (Å²) in [4.78, 5) is 79.2. The number of nitrogens with zero attached hydrogens (tertiary/aromatic N) is 3. The van der Waals surface area contributed by atoms with E-state index in [1.54, 1.807) is 0 Å². The van der Waals surface area contributed by atoms with Crippen molar-refractivity contribution in [1.29, 1.82) is 0 Å². The summed E-state index contributed by atoms with van der Waals surface area (Å²) >= 11 is 0. The highest BCUT2D eigenvalue weighted by atomic mass is 31.2. The normalized spacial score (nSPS) is 21.8. The van der Waals surface area contributed by atoms with Crippen LogP contribution in [0.25, 0.3) is 10.9 Å². The van der Waals surface area contributed by atoms with Gasteiger partial charge in [-0.3, -0.25) is 23.7 Å². The zero-order valence-corrected chi connectivity index (χ0v) is 27.4. The van der Waals surface area contributed by atoms with Crippen LogP contribution in [0.2, 0.25) is 0 Å². The van der Waals surface area contributed by atoms with Gasteiger partial charge in [-0.2, -0.15) is 22.0 Å². The Hall–Kier alpha value is -4.34. The zero-order valence-electron chi connectivity index (χ0n) is 26.5. The number of halogens is 5. The Morgan fingerprint density at radius 3 is 2.32 bits per heavy atom. The third-order valence-electron chi connectivity index (χ3n) is 9.66. The fourth-order valence-electron chi connectivity index (χ4n) is 6.99. The number of carbonyl (C=O) groups is 4. The minimum absolute atomic E-state index is 0.0332. The van der Waals surface area contributed by atoms with Gasteiger partial charge in [0.25, 0.3) is 5.91 Å². The Labute approximate surface area is 281 Å². The number of benzene rings is 2. The molecule has 3 aromatic rings.